The first-order valence-electron chi connectivity index (χ1n) is 8.36. The van der Waals surface area contributed by atoms with Crippen molar-refractivity contribution in [2.24, 2.45) is 0 Å². The molecule has 2 N–H and O–H groups in total. The summed E-state index contributed by atoms with van der Waals surface area (Å²) < 4.78 is 5.49. The van der Waals surface area contributed by atoms with E-state index < -0.39 is 0 Å². The third kappa shape index (κ3) is 4.08. The van der Waals surface area contributed by atoms with Gasteiger partial charge in [-0.2, -0.15) is 0 Å². The molecule has 1 saturated carbocycles. The lowest BCUT2D eigenvalue weighted by molar-refractivity contribution is -0.707. The molecule has 0 radical (unpaired) electrons. The van der Waals surface area contributed by atoms with E-state index in [2.05, 4.69) is 22.8 Å². The minimum absolute atomic E-state index is 0.706. The van der Waals surface area contributed by atoms with Crippen molar-refractivity contribution in [3.63, 3.8) is 0 Å². The highest BCUT2D eigenvalue weighted by Gasteiger charge is 2.16. The molecule has 2 aromatic rings. The van der Waals surface area contributed by atoms with Crippen LogP contribution in [-0.4, -0.2) is 17.6 Å². The number of quaternary nitrogens is 1. The molecule has 0 spiro atoms. The van der Waals surface area contributed by atoms with E-state index in [1.165, 1.54) is 43.4 Å². The van der Waals surface area contributed by atoms with Gasteiger partial charge in [-0.15, -0.1) is 11.3 Å². The van der Waals surface area contributed by atoms with E-state index in [4.69, 9.17) is 9.72 Å². The van der Waals surface area contributed by atoms with Crippen LogP contribution in [0.25, 0.3) is 10.6 Å². The average Bonchev–Trinajstić information content (AvgIpc) is 3.04. The summed E-state index contributed by atoms with van der Waals surface area (Å²) in [5.41, 5.74) is 2.39. The van der Waals surface area contributed by atoms with Gasteiger partial charge in [0.25, 0.3) is 0 Å². The highest BCUT2D eigenvalue weighted by molar-refractivity contribution is 7.13. The largest absolute Gasteiger partial charge is 0.494 e. The van der Waals surface area contributed by atoms with E-state index in [1.54, 1.807) is 11.3 Å². The van der Waals surface area contributed by atoms with Crippen LogP contribution in [0.3, 0.4) is 0 Å². The van der Waals surface area contributed by atoms with Crippen LogP contribution in [0.4, 0.5) is 0 Å². The number of rotatable bonds is 6. The lowest BCUT2D eigenvalue weighted by atomic mass is 9.95. The molecule has 1 aromatic carbocycles. The minimum atomic E-state index is 0.706. The summed E-state index contributed by atoms with van der Waals surface area (Å²) in [5, 5.41) is 5.79. The van der Waals surface area contributed by atoms with Crippen molar-refractivity contribution in [1.82, 2.24) is 4.98 Å². The lowest BCUT2D eigenvalue weighted by Gasteiger charge is -2.19. The Kier molecular flexibility index (Phi) is 5.46. The highest BCUT2D eigenvalue weighted by Crippen LogP contribution is 2.25. The van der Waals surface area contributed by atoms with Crippen LogP contribution >= 0.6 is 11.3 Å². The third-order valence-electron chi connectivity index (χ3n) is 4.27. The highest BCUT2D eigenvalue weighted by atomic mass is 32.1. The van der Waals surface area contributed by atoms with Crippen molar-refractivity contribution in [3.8, 4) is 16.3 Å². The second kappa shape index (κ2) is 7.75. The van der Waals surface area contributed by atoms with Gasteiger partial charge in [0, 0.05) is 10.9 Å². The van der Waals surface area contributed by atoms with Gasteiger partial charge in [0.2, 0.25) is 0 Å². The fraction of sp³-hybridized carbons (Fsp3) is 0.500. The zero-order chi connectivity index (χ0) is 15.2. The Hall–Kier alpha value is -1.39. The zero-order valence-corrected chi connectivity index (χ0v) is 14.1. The van der Waals surface area contributed by atoms with Crippen molar-refractivity contribution in [2.45, 2.75) is 51.6 Å². The number of ether oxygens (including phenoxy) is 1. The van der Waals surface area contributed by atoms with Crippen LogP contribution in [0.5, 0.6) is 5.75 Å². The maximum atomic E-state index is 5.49. The molecule has 118 valence electrons. The quantitative estimate of drug-likeness (QED) is 0.884. The van der Waals surface area contributed by atoms with Crippen molar-refractivity contribution >= 4 is 11.3 Å². The predicted molar refractivity (Wildman–Crippen MR) is 91.2 cm³/mol. The molecule has 0 atom stereocenters. The monoisotopic (exact) mass is 317 g/mol. The Morgan fingerprint density at radius 2 is 1.95 bits per heavy atom. The van der Waals surface area contributed by atoms with Crippen molar-refractivity contribution in [3.05, 3.63) is 35.3 Å². The second-order valence-electron chi connectivity index (χ2n) is 5.94. The molecule has 0 saturated heterocycles. The molecule has 3 nitrogen and oxygen atoms in total. The fourth-order valence-corrected chi connectivity index (χ4v) is 3.89. The maximum Gasteiger partial charge on any atom is 0.123 e. The summed E-state index contributed by atoms with van der Waals surface area (Å²) in [4.78, 5) is 4.79. The van der Waals surface area contributed by atoms with Crippen LogP contribution in [0.1, 0.15) is 44.7 Å². The van der Waals surface area contributed by atoms with Gasteiger partial charge in [-0.1, -0.05) is 6.42 Å². The molecule has 0 bridgehead atoms. The second-order valence-corrected chi connectivity index (χ2v) is 6.80. The van der Waals surface area contributed by atoms with Gasteiger partial charge in [-0.05, 0) is 56.9 Å². The zero-order valence-electron chi connectivity index (χ0n) is 13.3. The molecule has 3 rings (SSSR count). The Morgan fingerprint density at radius 3 is 2.68 bits per heavy atom. The lowest BCUT2D eigenvalue weighted by Crippen LogP contribution is -2.88. The third-order valence-corrected chi connectivity index (χ3v) is 5.21. The van der Waals surface area contributed by atoms with Gasteiger partial charge in [-0.3, -0.25) is 0 Å². The van der Waals surface area contributed by atoms with E-state index in [0.717, 1.165) is 23.3 Å². The molecule has 0 unspecified atom stereocenters. The molecular formula is C18H25N2OS+. The van der Waals surface area contributed by atoms with Crippen molar-refractivity contribution in [2.75, 3.05) is 6.61 Å². The van der Waals surface area contributed by atoms with Gasteiger partial charge in [-0.25, -0.2) is 4.98 Å². The molecule has 0 aliphatic heterocycles. The van der Waals surface area contributed by atoms with E-state index in [1.807, 2.05) is 19.1 Å². The fourth-order valence-electron chi connectivity index (χ4n) is 3.05. The van der Waals surface area contributed by atoms with Crippen LogP contribution in [0, 0.1) is 0 Å². The standard InChI is InChI=1S/C18H24N2OS/c1-2-21-17-10-8-14(9-11-17)18-20-16(13-22-18)12-19-15-6-4-3-5-7-15/h8-11,13,15,19H,2-7,12H2,1H3/p+1. The van der Waals surface area contributed by atoms with E-state index in [9.17, 15) is 0 Å². The van der Waals surface area contributed by atoms with Gasteiger partial charge in [0.15, 0.2) is 0 Å². The number of thiazole rings is 1. The van der Waals surface area contributed by atoms with Crippen molar-refractivity contribution < 1.29 is 10.1 Å². The van der Waals surface area contributed by atoms with E-state index in [-0.39, 0.29) is 0 Å². The summed E-state index contributed by atoms with van der Waals surface area (Å²) >= 11 is 1.74. The summed E-state index contributed by atoms with van der Waals surface area (Å²) in [5.74, 6) is 0.925. The van der Waals surface area contributed by atoms with Crippen LogP contribution < -0.4 is 10.1 Å². The smallest absolute Gasteiger partial charge is 0.123 e. The molecular weight excluding hydrogens is 292 g/mol. The Bertz CT molecular complexity index is 573. The Labute approximate surface area is 136 Å². The summed E-state index contributed by atoms with van der Waals surface area (Å²) in [6.45, 7) is 3.72. The first-order chi connectivity index (χ1) is 10.8. The number of hydrogen-bond donors (Lipinski definition) is 1. The number of benzene rings is 1. The Morgan fingerprint density at radius 1 is 1.18 bits per heavy atom. The molecule has 1 aliphatic rings. The number of hydrogen-bond acceptors (Lipinski definition) is 3. The summed E-state index contributed by atoms with van der Waals surface area (Å²) in [6, 6.07) is 9.04. The molecule has 1 fully saturated rings. The summed E-state index contributed by atoms with van der Waals surface area (Å²) in [7, 11) is 0. The predicted octanol–water partition coefficient (Wildman–Crippen LogP) is 3.60. The molecule has 1 aliphatic carbocycles. The molecule has 22 heavy (non-hydrogen) atoms. The van der Waals surface area contributed by atoms with Crippen LogP contribution in [0.15, 0.2) is 29.6 Å². The number of nitrogens with two attached hydrogens (primary N) is 1. The van der Waals surface area contributed by atoms with E-state index in [0.29, 0.717) is 6.61 Å². The van der Waals surface area contributed by atoms with E-state index >= 15 is 0 Å². The first kappa shape index (κ1) is 15.5. The van der Waals surface area contributed by atoms with Gasteiger partial charge in [0.05, 0.1) is 12.6 Å². The molecule has 0 amide bonds. The molecule has 4 heteroatoms. The molecule has 1 aromatic heterocycles. The van der Waals surface area contributed by atoms with Crippen LogP contribution in [-0.2, 0) is 6.54 Å². The normalized spacial score (nSPS) is 15.9. The molecule has 1 heterocycles. The van der Waals surface area contributed by atoms with Gasteiger partial charge in [0.1, 0.15) is 23.0 Å². The summed E-state index contributed by atoms with van der Waals surface area (Å²) in [6.07, 6.45) is 6.96. The van der Waals surface area contributed by atoms with Gasteiger partial charge >= 0.3 is 0 Å². The maximum absolute atomic E-state index is 5.49. The average molecular weight is 317 g/mol. The van der Waals surface area contributed by atoms with Crippen molar-refractivity contribution in [1.29, 1.82) is 0 Å². The van der Waals surface area contributed by atoms with Crippen LogP contribution in [0.2, 0.25) is 0 Å². The minimum Gasteiger partial charge on any atom is -0.494 e. The SMILES string of the molecule is CCOc1ccc(-c2nc(C[NH2+]C3CCCCC3)cs2)cc1. The Balaban J connectivity index is 1.58. The number of nitrogens with zero attached hydrogens (tertiary/aromatic N) is 1. The topological polar surface area (TPSA) is 38.7 Å². The number of aromatic nitrogens is 1. The van der Waals surface area contributed by atoms with Gasteiger partial charge < -0.3 is 10.1 Å². The first-order valence-corrected chi connectivity index (χ1v) is 9.24.